The van der Waals surface area contributed by atoms with Gasteiger partial charge in [-0.25, -0.2) is 8.42 Å². The van der Waals surface area contributed by atoms with E-state index in [1.165, 1.54) is 23.4 Å². The van der Waals surface area contributed by atoms with Crippen molar-refractivity contribution in [3.8, 4) is 0 Å². The molecule has 0 spiro atoms. The van der Waals surface area contributed by atoms with Crippen molar-refractivity contribution in [3.63, 3.8) is 0 Å². The fraction of sp³-hybridized carbons (Fsp3) is 0.333. The average Bonchev–Trinajstić information content (AvgIpc) is 2.73. The first-order valence-electron chi connectivity index (χ1n) is 9.57. The van der Waals surface area contributed by atoms with Gasteiger partial charge in [0.2, 0.25) is 15.9 Å². The first-order chi connectivity index (χ1) is 13.9. The summed E-state index contributed by atoms with van der Waals surface area (Å²) in [5.41, 5.74) is 1.14. The Kier molecular flexibility index (Phi) is 6.66. The van der Waals surface area contributed by atoms with Crippen molar-refractivity contribution >= 4 is 27.5 Å². The molecule has 1 aliphatic rings. The van der Waals surface area contributed by atoms with Crippen LogP contribution in [0, 0.1) is 5.92 Å². The highest BCUT2D eigenvalue weighted by atomic mass is 32.2. The van der Waals surface area contributed by atoms with Gasteiger partial charge in [0, 0.05) is 37.8 Å². The standard InChI is InChI=1S/C21H25N3O4S/c1-16(25)23-19-9-11-20(12-10-19)29(27,28)24-13-5-6-17(15-24)14-22-21(26)18-7-3-2-4-8-18/h2-4,7-12,17H,5-6,13-15H2,1H3,(H,22,26)(H,23,25). The fourth-order valence-corrected chi connectivity index (χ4v) is 4.96. The van der Waals surface area contributed by atoms with E-state index in [2.05, 4.69) is 10.6 Å². The molecule has 0 aliphatic carbocycles. The normalized spacial score (nSPS) is 17.5. The summed E-state index contributed by atoms with van der Waals surface area (Å²) in [6.45, 7) is 2.65. The summed E-state index contributed by atoms with van der Waals surface area (Å²) in [6.07, 6.45) is 1.61. The third kappa shape index (κ3) is 5.42. The Hall–Kier alpha value is -2.71. The van der Waals surface area contributed by atoms with Crippen molar-refractivity contribution in [1.29, 1.82) is 0 Å². The first-order valence-corrected chi connectivity index (χ1v) is 11.0. The van der Waals surface area contributed by atoms with Crippen LogP contribution in [0.15, 0.2) is 59.5 Å². The molecule has 1 aliphatic heterocycles. The van der Waals surface area contributed by atoms with E-state index in [0.717, 1.165) is 12.8 Å². The molecule has 7 nitrogen and oxygen atoms in total. The summed E-state index contributed by atoms with van der Waals surface area (Å²) in [6, 6.07) is 15.1. The van der Waals surface area contributed by atoms with Gasteiger partial charge in [0.1, 0.15) is 0 Å². The van der Waals surface area contributed by atoms with Crippen LogP contribution in [0.5, 0.6) is 0 Å². The smallest absolute Gasteiger partial charge is 0.251 e. The quantitative estimate of drug-likeness (QED) is 0.758. The number of nitrogens with one attached hydrogen (secondary N) is 2. The lowest BCUT2D eigenvalue weighted by molar-refractivity contribution is -0.114. The van der Waals surface area contributed by atoms with E-state index in [0.29, 0.717) is 30.9 Å². The van der Waals surface area contributed by atoms with E-state index in [1.807, 2.05) is 6.07 Å². The van der Waals surface area contributed by atoms with Crippen LogP contribution in [0.25, 0.3) is 0 Å². The molecule has 1 atom stereocenters. The van der Waals surface area contributed by atoms with Crippen molar-refractivity contribution in [2.45, 2.75) is 24.7 Å². The number of anilines is 1. The van der Waals surface area contributed by atoms with Crippen LogP contribution in [0.4, 0.5) is 5.69 Å². The molecule has 2 aromatic rings. The van der Waals surface area contributed by atoms with Gasteiger partial charge in [0.25, 0.3) is 5.91 Å². The van der Waals surface area contributed by atoms with E-state index >= 15 is 0 Å². The van der Waals surface area contributed by atoms with Crippen molar-refractivity contribution in [1.82, 2.24) is 9.62 Å². The predicted octanol–water partition coefficient (Wildman–Crippen LogP) is 2.48. The van der Waals surface area contributed by atoms with Crippen molar-refractivity contribution in [2.24, 2.45) is 5.92 Å². The van der Waals surface area contributed by atoms with Gasteiger partial charge >= 0.3 is 0 Å². The van der Waals surface area contributed by atoms with Gasteiger partial charge in [-0.1, -0.05) is 18.2 Å². The van der Waals surface area contributed by atoms with Crippen LogP contribution < -0.4 is 10.6 Å². The third-order valence-corrected chi connectivity index (χ3v) is 6.76. The monoisotopic (exact) mass is 415 g/mol. The number of hydrogen-bond donors (Lipinski definition) is 2. The van der Waals surface area contributed by atoms with Gasteiger partial charge in [-0.05, 0) is 55.2 Å². The molecule has 2 N–H and O–H groups in total. The van der Waals surface area contributed by atoms with Crippen LogP contribution in [-0.2, 0) is 14.8 Å². The molecule has 8 heteroatoms. The molecule has 1 heterocycles. The Morgan fingerprint density at radius 2 is 1.76 bits per heavy atom. The maximum Gasteiger partial charge on any atom is 0.251 e. The summed E-state index contributed by atoms with van der Waals surface area (Å²) in [7, 11) is -3.62. The van der Waals surface area contributed by atoms with E-state index in [9.17, 15) is 18.0 Å². The van der Waals surface area contributed by atoms with Gasteiger partial charge in [-0.15, -0.1) is 0 Å². The second-order valence-corrected chi connectivity index (χ2v) is 9.09. The van der Waals surface area contributed by atoms with E-state index in [4.69, 9.17) is 0 Å². The Balaban J connectivity index is 1.61. The molecule has 1 saturated heterocycles. The average molecular weight is 416 g/mol. The molecule has 0 bridgehead atoms. The molecule has 0 saturated carbocycles. The predicted molar refractivity (Wildman–Crippen MR) is 111 cm³/mol. The van der Waals surface area contributed by atoms with Gasteiger partial charge in [-0.2, -0.15) is 4.31 Å². The zero-order valence-electron chi connectivity index (χ0n) is 16.3. The second kappa shape index (κ2) is 9.19. The number of benzene rings is 2. The minimum Gasteiger partial charge on any atom is -0.352 e. The highest BCUT2D eigenvalue weighted by molar-refractivity contribution is 7.89. The molecule has 2 aromatic carbocycles. The molecule has 0 aromatic heterocycles. The molecule has 0 radical (unpaired) electrons. The first kappa shape index (κ1) is 21.0. The molecule has 1 unspecified atom stereocenters. The van der Waals surface area contributed by atoms with Crippen LogP contribution in [-0.4, -0.2) is 44.2 Å². The van der Waals surface area contributed by atoms with E-state index in [-0.39, 0.29) is 22.6 Å². The van der Waals surface area contributed by atoms with Crippen molar-refractivity contribution < 1.29 is 18.0 Å². The zero-order chi connectivity index (χ0) is 20.9. The third-order valence-electron chi connectivity index (χ3n) is 4.88. The Labute approximate surface area is 171 Å². The lowest BCUT2D eigenvalue weighted by Crippen LogP contribution is -2.43. The second-order valence-electron chi connectivity index (χ2n) is 7.15. The minimum absolute atomic E-state index is 0.0600. The minimum atomic E-state index is -3.62. The molecular weight excluding hydrogens is 390 g/mol. The van der Waals surface area contributed by atoms with Crippen LogP contribution in [0.3, 0.4) is 0 Å². The summed E-state index contributed by atoms with van der Waals surface area (Å²) in [5.74, 6) is -0.305. The van der Waals surface area contributed by atoms with Crippen LogP contribution in [0.1, 0.15) is 30.1 Å². The maximum absolute atomic E-state index is 13.0. The molecule has 2 amide bonds. The van der Waals surface area contributed by atoms with Crippen molar-refractivity contribution in [2.75, 3.05) is 25.0 Å². The number of carbonyl (C=O) groups excluding carboxylic acids is 2. The topological polar surface area (TPSA) is 95.6 Å². The van der Waals surface area contributed by atoms with E-state index in [1.54, 1.807) is 36.4 Å². The van der Waals surface area contributed by atoms with Gasteiger partial charge < -0.3 is 10.6 Å². The largest absolute Gasteiger partial charge is 0.352 e. The molecule has 3 rings (SSSR count). The highest BCUT2D eigenvalue weighted by Crippen LogP contribution is 2.24. The molecular formula is C21H25N3O4S. The summed E-state index contributed by atoms with van der Waals surface area (Å²) in [5, 5.41) is 5.53. The van der Waals surface area contributed by atoms with Crippen LogP contribution in [0.2, 0.25) is 0 Å². The van der Waals surface area contributed by atoms with Crippen molar-refractivity contribution in [3.05, 3.63) is 60.2 Å². The Morgan fingerprint density at radius 3 is 2.41 bits per heavy atom. The number of amides is 2. The number of nitrogens with zero attached hydrogens (tertiary/aromatic N) is 1. The van der Waals surface area contributed by atoms with Crippen LogP contribution >= 0.6 is 0 Å². The summed E-state index contributed by atoms with van der Waals surface area (Å²) >= 11 is 0. The summed E-state index contributed by atoms with van der Waals surface area (Å²) in [4.78, 5) is 23.5. The molecule has 1 fully saturated rings. The number of piperidine rings is 1. The number of carbonyl (C=O) groups is 2. The number of hydrogen-bond acceptors (Lipinski definition) is 4. The Morgan fingerprint density at radius 1 is 1.07 bits per heavy atom. The lowest BCUT2D eigenvalue weighted by Gasteiger charge is -2.32. The maximum atomic E-state index is 13.0. The number of sulfonamides is 1. The summed E-state index contributed by atoms with van der Waals surface area (Å²) < 4.78 is 27.4. The molecule has 29 heavy (non-hydrogen) atoms. The highest BCUT2D eigenvalue weighted by Gasteiger charge is 2.30. The van der Waals surface area contributed by atoms with Gasteiger partial charge in [0.05, 0.1) is 4.90 Å². The SMILES string of the molecule is CC(=O)Nc1ccc(S(=O)(=O)N2CCCC(CNC(=O)c3ccccc3)C2)cc1. The number of rotatable bonds is 6. The van der Waals surface area contributed by atoms with E-state index < -0.39 is 10.0 Å². The van der Waals surface area contributed by atoms with Gasteiger partial charge in [-0.3, -0.25) is 9.59 Å². The Bertz CT molecular complexity index is 959. The zero-order valence-corrected chi connectivity index (χ0v) is 17.1. The van der Waals surface area contributed by atoms with Gasteiger partial charge in [0.15, 0.2) is 0 Å². The molecule has 154 valence electrons. The fourth-order valence-electron chi connectivity index (χ4n) is 3.40. The lowest BCUT2D eigenvalue weighted by atomic mass is 9.99.